The number of rotatable bonds is 47. The zero-order valence-electron chi connectivity index (χ0n) is 38.3. The highest BCUT2D eigenvalue weighted by atomic mass is 16.7. The van der Waals surface area contributed by atoms with Crippen LogP contribution in [0.15, 0.2) is 0 Å². The number of hydrogen-bond donors (Lipinski definition) is 1. The highest BCUT2D eigenvalue weighted by molar-refractivity contribution is 5.72. The number of carbonyl (C=O) groups is 2. The van der Waals surface area contributed by atoms with Gasteiger partial charge in [0.25, 0.3) is 0 Å². The number of hydrogen-bond acceptors (Lipinski definition) is 6. The number of ether oxygens (including phenoxy) is 3. The maximum atomic E-state index is 12.1. The summed E-state index contributed by atoms with van der Waals surface area (Å²) in [7, 11) is 0. The van der Waals surface area contributed by atoms with Crippen molar-refractivity contribution in [2.24, 2.45) is 0 Å². The second-order valence-electron chi connectivity index (χ2n) is 16.9. The topological polar surface area (TPSA) is 77.1 Å². The summed E-state index contributed by atoms with van der Waals surface area (Å²) < 4.78 is 17.7. The highest BCUT2D eigenvalue weighted by Gasteiger charge is 2.10. The Labute approximate surface area is 351 Å². The van der Waals surface area contributed by atoms with Crippen molar-refractivity contribution in [1.82, 2.24) is 10.2 Å². The fraction of sp³-hybridized carbons (Fsp3) is 0.959. The van der Waals surface area contributed by atoms with Crippen LogP contribution >= 0.6 is 0 Å². The second kappa shape index (κ2) is 46.5. The number of esters is 1. The molecule has 0 heterocycles. The van der Waals surface area contributed by atoms with Gasteiger partial charge in [-0.2, -0.15) is 0 Å². The van der Waals surface area contributed by atoms with Crippen molar-refractivity contribution >= 4 is 11.9 Å². The molecule has 7 nitrogen and oxygen atoms in total. The molecule has 0 aromatic carbocycles. The lowest BCUT2D eigenvalue weighted by Crippen LogP contribution is -2.28. The van der Waals surface area contributed by atoms with Crippen molar-refractivity contribution in [2.45, 2.75) is 259 Å². The predicted molar refractivity (Wildman–Crippen MR) is 243 cm³/mol. The maximum Gasteiger partial charge on any atom is 0.305 e. The van der Waals surface area contributed by atoms with Crippen LogP contribution in [0.5, 0.6) is 0 Å². The van der Waals surface area contributed by atoms with Crippen LogP contribution in [0.25, 0.3) is 0 Å². The van der Waals surface area contributed by atoms with Crippen molar-refractivity contribution in [1.29, 1.82) is 0 Å². The van der Waals surface area contributed by atoms with E-state index in [-0.39, 0.29) is 13.3 Å². The van der Waals surface area contributed by atoms with Crippen LogP contribution in [0.2, 0.25) is 0 Å². The number of nitrogens with zero attached hydrogens (tertiary/aromatic N) is 1. The van der Waals surface area contributed by atoms with E-state index in [1.807, 2.05) is 0 Å². The van der Waals surface area contributed by atoms with Gasteiger partial charge < -0.3 is 24.4 Å². The zero-order chi connectivity index (χ0) is 40.8. The molecule has 0 atom stereocenters. The van der Waals surface area contributed by atoms with E-state index in [1.54, 1.807) is 6.92 Å². The molecule has 0 aliphatic rings. The summed E-state index contributed by atoms with van der Waals surface area (Å²) >= 11 is 0. The third-order valence-corrected chi connectivity index (χ3v) is 11.3. The van der Waals surface area contributed by atoms with Gasteiger partial charge >= 0.3 is 5.97 Å². The minimum atomic E-state index is -0.0132. The largest absolute Gasteiger partial charge is 0.466 e. The number of nitrogens with one attached hydrogen (secondary N) is 1. The summed E-state index contributed by atoms with van der Waals surface area (Å²) in [6, 6.07) is 0. The number of unbranched alkanes of at least 4 members (excludes halogenated alkanes) is 26. The molecular formula is C49H100N2O5. The lowest BCUT2D eigenvalue weighted by Gasteiger charge is -2.22. The van der Waals surface area contributed by atoms with Gasteiger partial charge in [0.15, 0.2) is 0 Å². The summed E-state index contributed by atoms with van der Waals surface area (Å²) in [5.41, 5.74) is 0. The zero-order valence-corrected chi connectivity index (χ0v) is 38.3. The fourth-order valence-corrected chi connectivity index (χ4v) is 7.58. The molecule has 0 spiro atoms. The minimum Gasteiger partial charge on any atom is -0.466 e. The van der Waals surface area contributed by atoms with Crippen LogP contribution in [0.3, 0.4) is 0 Å². The highest BCUT2D eigenvalue weighted by Crippen LogP contribution is 2.17. The normalized spacial score (nSPS) is 11.6. The molecule has 0 fully saturated rings. The molecule has 0 saturated carbocycles. The molecule has 0 radical (unpaired) electrons. The summed E-state index contributed by atoms with van der Waals surface area (Å²) in [4.78, 5) is 26.0. The van der Waals surface area contributed by atoms with Gasteiger partial charge in [0.05, 0.1) is 12.7 Å². The van der Waals surface area contributed by atoms with Crippen LogP contribution in [-0.4, -0.2) is 69.1 Å². The Balaban J connectivity index is 0. The van der Waals surface area contributed by atoms with Gasteiger partial charge in [-0.3, -0.25) is 9.59 Å². The Morgan fingerprint density at radius 3 is 1.41 bits per heavy atom. The Bertz CT molecular complexity index is 788. The first-order chi connectivity index (χ1) is 27.5. The Hall–Kier alpha value is -1.18. The van der Waals surface area contributed by atoms with Crippen LogP contribution in [0.1, 0.15) is 254 Å². The van der Waals surface area contributed by atoms with Gasteiger partial charge in [0.2, 0.25) is 5.91 Å². The van der Waals surface area contributed by atoms with E-state index in [9.17, 15) is 9.59 Å². The second-order valence-corrected chi connectivity index (χ2v) is 16.9. The van der Waals surface area contributed by atoms with E-state index in [1.165, 1.54) is 186 Å². The fourth-order valence-electron chi connectivity index (χ4n) is 7.58. The van der Waals surface area contributed by atoms with E-state index in [2.05, 4.69) is 31.0 Å². The minimum absolute atomic E-state index is 0. The van der Waals surface area contributed by atoms with Crippen LogP contribution in [0.4, 0.5) is 0 Å². The third kappa shape index (κ3) is 43.9. The molecule has 0 aromatic rings. The molecule has 0 unspecified atom stereocenters. The molecule has 0 aliphatic carbocycles. The van der Waals surface area contributed by atoms with Crippen molar-refractivity contribution in [3.05, 3.63) is 0 Å². The van der Waals surface area contributed by atoms with Crippen LogP contribution < -0.4 is 5.32 Å². The molecule has 1 amide bonds. The Morgan fingerprint density at radius 2 is 0.911 bits per heavy atom. The predicted octanol–water partition coefficient (Wildman–Crippen LogP) is 14.3. The first-order valence-corrected chi connectivity index (χ1v) is 24.8. The molecule has 0 rings (SSSR count). The summed E-state index contributed by atoms with van der Waals surface area (Å²) in [5, 5.41) is 2.94. The van der Waals surface area contributed by atoms with Crippen LogP contribution in [0, 0.1) is 0 Å². The van der Waals surface area contributed by atoms with Gasteiger partial charge in [-0.1, -0.05) is 181 Å². The Kier molecular flexibility index (Phi) is 45.5. The van der Waals surface area contributed by atoms with Crippen molar-refractivity contribution in [3.63, 3.8) is 0 Å². The van der Waals surface area contributed by atoms with Crippen molar-refractivity contribution in [2.75, 3.05) is 46.2 Å². The lowest BCUT2D eigenvalue weighted by atomic mass is 10.0. The quantitative estimate of drug-likeness (QED) is 0.0375. The average Bonchev–Trinajstić information content (AvgIpc) is 3.19. The molecule has 0 saturated heterocycles. The van der Waals surface area contributed by atoms with Gasteiger partial charge in [-0.15, -0.1) is 0 Å². The monoisotopic (exact) mass is 797 g/mol. The van der Waals surface area contributed by atoms with E-state index in [0.717, 1.165) is 64.8 Å². The molecule has 0 aromatic heterocycles. The molecule has 56 heavy (non-hydrogen) atoms. The van der Waals surface area contributed by atoms with Crippen molar-refractivity contribution < 1.29 is 25.2 Å². The maximum absolute atomic E-state index is 12.1. The van der Waals surface area contributed by atoms with E-state index >= 15 is 0 Å². The van der Waals surface area contributed by atoms with Gasteiger partial charge in [0.1, 0.15) is 6.79 Å². The Morgan fingerprint density at radius 1 is 0.500 bits per heavy atom. The van der Waals surface area contributed by atoms with E-state index in [0.29, 0.717) is 25.9 Å². The summed E-state index contributed by atoms with van der Waals surface area (Å²) in [6.07, 6.45) is 43.5. The third-order valence-electron chi connectivity index (χ3n) is 11.3. The number of amides is 1. The van der Waals surface area contributed by atoms with Crippen LogP contribution in [-0.2, 0) is 23.8 Å². The van der Waals surface area contributed by atoms with E-state index < -0.39 is 0 Å². The van der Waals surface area contributed by atoms with E-state index in [4.69, 9.17) is 14.2 Å². The molecule has 0 bridgehead atoms. The molecule has 1 N–H and O–H groups in total. The molecular weight excluding hydrogens is 697 g/mol. The molecule has 7 heteroatoms. The molecule has 336 valence electrons. The SMILES string of the molecule is CCCCCCCCCOC(=O)CCCCCCCN(CCCCCCCCOCOC(CCCCCCCC)CCCCCCCC)CCCCNC(C)=O.[HH]. The first-order valence-electron chi connectivity index (χ1n) is 24.8. The van der Waals surface area contributed by atoms with Gasteiger partial charge in [-0.05, 0) is 77.4 Å². The lowest BCUT2D eigenvalue weighted by molar-refractivity contribution is -0.143. The average molecular weight is 797 g/mol. The smallest absolute Gasteiger partial charge is 0.305 e. The van der Waals surface area contributed by atoms with Crippen molar-refractivity contribution in [3.8, 4) is 0 Å². The number of carbonyl (C=O) groups excluding carboxylic acids is 2. The standard InChI is InChI=1S/C49H98N2O5.H2/c1-5-8-11-14-18-27-36-45-55-49(53)39-30-23-20-25-33-42-51(43-34-31-40-50-47(4)52)41-32-24-17-19-26-35-44-54-46-56-48(37-28-21-15-12-9-6-2)38-29-22-16-13-10-7-3;/h48H,5-46H2,1-4H3,(H,50,52);1H. The van der Waals surface area contributed by atoms with Gasteiger partial charge in [-0.25, -0.2) is 0 Å². The van der Waals surface area contributed by atoms with Gasteiger partial charge in [0, 0.05) is 27.9 Å². The summed E-state index contributed by atoms with van der Waals surface area (Å²) in [5.74, 6) is 0.0511. The molecule has 0 aliphatic heterocycles. The first kappa shape index (κ1) is 54.8. The summed E-state index contributed by atoms with van der Waals surface area (Å²) in [6.45, 7) is 14.5.